The second kappa shape index (κ2) is 10.8. The molecule has 0 saturated heterocycles. The van der Waals surface area contributed by atoms with Crippen LogP contribution in [-0.4, -0.2) is 43.4 Å². The molecular formula is C19H26FN3O2S. The van der Waals surface area contributed by atoms with Crippen LogP contribution in [0.5, 0.6) is 5.75 Å². The zero-order chi connectivity index (χ0) is 18.8. The van der Waals surface area contributed by atoms with Gasteiger partial charge in [0.2, 0.25) is 0 Å². The molecule has 7 heteroatoms. The van der Waals surface area contributed by atoms with Gasteiger partial charge < -0.3 is 20.5 Å². The molecule has 0 saturated carbocycles. The molecule has 26 heavy (non-hydrogen) atoms. The number of aliphatic imine (C=N–C) groups is 1. The van der Waals surface area contributed by atoms with Crippen LogP contribution in [0, 0.1) is 5.82 Å². The van der Waals surface area contributed by atoms with Gasteiger partial charge in [0.1, 0.15) is 24.3 Å². The fourth-order valence-electron chi connectivity index (χ4n) is 2.24. The molecule has 1 aromatic heterocycles. The highest BCUT2D eigenvalue weighted by Crippen LogP contribution is 2.19. The van der Waals surface area contributed by atoms with E-state index in [0.29, 0.717) is 17.6 Å². The van der Waals surface area contributed by atoms with E-state index in [9.17, 15) is 9.50 Å². The SMILES string of the molecule is CCNC(=NCC(O)COc1ccc(F)cc1)NCC(C)c1cccs1. The van der Waals surface area contributed by atoms with Gasteiger partial charge in [-0.3, -0.25) is 4.99 Å². The number of halogens is 1. The van der Waals surface area contributed by atoms with E-state index in [2.05, 4.69) is 34.0 Å². The average molecular weight is 380 g/mol. The second-order valence-electron chi connectivity index (χ2n) is 5.94. The van der Waals surface area contributed by atoms with E-state index in [-0.39, 0.29) is 19.0 Å². The third kappa shape index (κ3) is 7.01. The summed E-state index contributed by atoms with van der Waals surface area (Å²) < 4.78 is 18.3. The number of aliphatic hydroxyl groups excluding tert-OH is 1. The minimum Gasteiger partial charge on any atom is -0.491 e. The molecular weight excluding hydrogens is 353 g/mol. The summed E-state index contributed by atoms with van der Waals surface area (Å²) in [6.07, 6.45) is -0.745. The Morgan fingerprint density at radius 1 is 1.27 bits per heavy atom. The monoisotopic (exact) mass is 379 g/mol. The van der Waals surface area contributed by atoms with Crippen molar-refractivity contribution in [2.24, 2.45) is 4.99 Å². The molecule has 0 amide bonds. The van der Waals surface area contributed by atoms with Crippen molar-refractivity contribution in [3.63, 3.8) is 0 Å². The summed E-state index contributed by atoms with van der Waals surface area (Å²) in [5.41, 5.74) is 0. The van der Waals surface area contributed by atoms with Gasteiger partial charge in [-0.15, -0.1) is 11.3 Å². The van der Waals surface area contributed by atoms with Crippen LogP contribution in [0.15, 0.2) is 46.8 Å². The number of hydrogen-bond acceptors (Lipinski definition) is 4. The summed E-state index contributed by atoms with van der Waals surface area (Å²) in [5.74, 6) is 1.24. The molecule has 0 radical (unpaired) electrons. The van der Waals surface area contributed by atoms with Crippen LogP contribution in [-0.2, 0) is 0 Å². The quantitative estimate of drug-likeness (QED) is 0.463. The van der Waals surface area contributed by atoms with Crippen LogP contribution < -0.4 is 15.4 Å². The van der Waals surface area contributed by atoms with Gasteiger partial charge in [-0.2, -0.15) is 0 Å². The maximum absolute atomic E-state index is 12.9. The Kier molecular flexibility index (Phi) is 8.37. The molecule has 0 fully saturated rings. The van der Waals surface area contributed by atoms with Crippen LogP contribution in [0.25, 0.3) is 0 Å². The van der Waals surface area contributed by atoms with E-state index in [1.165, 1.54) is 29.1 Å². The third-order valence-corrected chi connectivity index (χ3v) is 4.77. The van der Waals surface area contributed by atoms with E-state index in [1.807, 2.05) is 13.0 Å². The first-order chi connectivity index (χ1) is 12.6. The highest BCUT2D eigenvalue weighted by molar-refractivity contribution is 7.10. The lowest BCUT2D eigenvalue weighted by molar-refractivity contribution is 0.114. The smallest absolute Gasteiger partial charge is 0.191 e. The van der Waals surface area contributed by atoms with Gasteiger partial charge in [0.15, 0.2) is 5.96 Å². The van der Waals surface area contributed by atoms with Crippen molar-refractivity contribution < 1.29 is 14.2 Å². The van der Waals surface area contributed by atoms with Gasteiger partial charge >= 0.3 is 0 Å². The highest BCUT2D eigenvalue weighted by Gasteiger charge is 2.09. The normalized spacial score (nSPS) is 13.9. The molecule has 142 valence electrons. The number of hydrogen-bond donors (Lipinski definition) is 3. The number of aliphatic hydroxyl groups is 1. The number of nitrogens with zero attached hydrogens (tertiary/aromatic N) is 1. The standard InChI is InChI=1S/C19H26FN3O2S/c1-3-21-19(22-11-14(2)18-5-4-10-26-18)23-12-16(24)13-25-17-8-6-15(20)7-9-17/h4-10,14,16,24H,3,11-13H2,1-2H3,(H2,21,22,23). The number of rotatable bonds is 9. The van der Waals surface area contributed by atoms with E-state index in [1.54, 1.807) is 11.3 Å². The molecule has 2 atom stereocenters. The highest BCUT2D eigenvalue weighted by atomic mass is 32.1. The zero-order valence-electron chi connectivity index (χ0n) is 15.1. The van der Waals surface area contributed by atoms with Crippen LogP contribution in [0.2, 0.25) is 0 Å². The molecule has 3 N–H and O–H groups in total. The lowest BCUT2D eigenvalue weighted by Crippen LogP contribution is -2.39. The van der Waals surface area contributed by atoms with E-state index in [0.717, 1.165) is 13.1 Å². The Bertz CT molecular complexity index is 662. The Balaban J connectivity index is 1.78. The maximum atomic E-state index is 12.9. The third-order valence-electron chi connectivity index (χ3n) is 3.66. The number of ether oxygens (including phenoxy) is 1. The summed E-state index contributed by atoms with van der Waals surface area (Å²) in [7, 11) is 0. The van der Waals surface area contributed by atoms with Gasteiger partial charge in [0.05, 0.1) is 6.54 Å². The molecule has 5 nitrogen and oxygen atoms in total. The summed E-state index contributed by atoms with van der Waals surface area (Å²) in [6.45, 7) is 5.96. The van der Waals surface area contributed by atoms with Crippen molar-refractivity contribution in [3.8, 4) is 5.75 Å². The molecule has 0 aliphatic rings. The molecule has 2 aromatic rings. The Labute approximate surface area is 157 Å². The van der Waals surface area contributed by atoms with Crippen molar-refractivity contribution in [1.29, 1.82) is 0 Å². The predicted molar refractivity (Wildman–Crippen MR) is 105 cm³/mol. The first-order valence-corrected chi connectivity index (χ1v) is 9.58. The predicted octanol–water partition coefficient (Wildman–Crippen LogP) is 2.99. The molecule has 2 rings (SSSR count). The molecule has 0 aliphatic heterocycles. The molecule has 2 unspecified atom stereocenters. The number of guanidine groups is 1. The first kappa shape index (κ1) is 20.2. The fourth-order valence-corrected chi connectivity index (χ4v) is 3.02. The lowest BCUT2D eigenvalue weighted by atomic mass is 10.1. The lowest BCUT2D eigenvalue weighted by Gasteiger charge is -2.16. The zero-order valence-corrected chi connectivity index (χ0v) is 15.9. The second-order valence-corrected chi connectivity index (χ2v) is 6.92. The number of benzene rings is 1. The van der Waals surface area contributed by atoms with Crippen molar-refractivity contribution >= 4 is 17.3 Å². The minimum absolute atomic E-state index is 0.0974. The van der Waals surface area contributed by atoms with Crippen LogP contribution in [0.1, 0.15) is 24.6 Å². The van der Waals surface area contributed by atoms with Crippen molar-refractivity contribution in [1.82, 2.24) is 10.6 Å². The number of thiophene rings is 1. The van der Waals surface area contributed by atoms with Crippen LogP contribution >= 0.6 is 11.3 Å². The van der Waals surface area contributed by atoms with Crippen LogP contribution in [0.4, 0.5) is 4.39 Å². The van der Waals surface area contributed by atoms with Crippen molar-refractivity contribution in [3.05, 3.63) is 52.5 Å². The Morgan fingerprint density at radius 2 is 2.04 bits per heavy atom. The average Bonchev–Trinajstić information content (AvgIpc) is 3.18. The van der Waals surface area contributed by atoms with Gasteiger partial charge in [-0.25, -0.2) is 4.39 Å². The first-order valence-electron chi connectivity index (χ1n) is 8.70. The molecule has 0 aliphatic carbocycles. The fraction of sp³-hybridized carbons (Fsp3) is 0.421. The topological polar surface area (TPSA) is 65.9 Å². The molecule has 0 bridgehead atoms. The van der Waals surface area contributed by atoms with E-state index >= 15 is 0 Å². The largest absolute Gasteiger partial charge is 0.491 e. The summed E-state index contributed by atoms with van der Waals surface area (Å²) in [4.78, 5) is 5.72. The van der Waals surface area contributed by atoms with Gasteiger partial charge in [0, 0.05) is 23.9 Å². The minimum atomic E-state index is -0.745. The summed E-state index contributed by atoms with van der Waals surface area (Å²) in [6, 6.07) is 9.88. The molecule has 1 aromatic carbocycles. The van der Waals surface area contributed by atoms with Gasteiger partial charge in [0.25, 0.3) is 0 Å². The van der Waals surface area contributed by atoms with E-state index in [4.69, 9.17) is 4.74 Å². The van der Waals surface area contributed by atoms with E-state index < -0.39 is 6.10 Å². The van der Waals surface area contributed by atoms with Gasteiger partial charge in [-0.1, -0.05) is 13.0 Å². The maximum Gasteiger partial charge on any atom is 0.191 e. The van der Waals surface area contributed by atoms with Crippen molar-refractivity contribution in [2.45, 2.75) is 25.9 Å². The van der Waals surface area contributed by atoms with Crippen molar-refractivity contribution in [2.75, 3.05) is 26.2 Å². The Morgan fingerprint density at radius 3 is 2.69 bits per heavy atom. The molecule has 1 heterocycles. The van der Waals surface area contributed by atoms with Crippen LogP contribution in [0.3, 0.4) is 0 Å². The Hall–Kier alpha value is -2.12. The summed E-state index contributed by atoms with van der Waals surface area (Å²) in [5, 5.41) is 18.6. The van der Waals surface area contributed by atoms with Gasteiger partial charge in [-0.05, 0) is 42.6 Å². The molecule has 0 spiro atoms. The number of nitrogens with one attached hydrogen (secondary N) is 2. The summed E-state index contributed by atoms with van der Waals surface area (Å²) >= 11 is 1.74.